The van der Waals surface area contributed by atoms with Crippen LogP contribution in [0.15, 0.2) is 0 Å². The number of amides is 5. The lowest BCUT2D eigenvalue weighted by Gasteiger charge is -2.39. The molecule has 0 bridgehead atoms. The quantitative estimate of drug-likeness (QED) is 0.226. The van der Waals surface area contributed by atoms with E-state index in [0.717, 1.165) is 19.3 Å². The van der Waals surface area contributed by atoms with Crippen molar-refractivity contribution in [1.82, 2.24) is 25.3 Å². The number of likely N-dealkylation sites (N-methyl/N-ethyl adjacent to an activating group) is 1. The first-order chi connectivity index (χ1) is 23.5. The molecule has 7 unspecified atom stereocenters. The summed E-state index contributed by atoms with van der Waals surface area (Å²) in [7, 11) is 5.89. The van der Waals surface area contributed by atoms with Crippen molar-refractivity contribution in [3.63, 3.8) is 0 Å². The van der Waals surface area contributed by atoms with Gasteiger partial charge in [0.15, 0.2) is 0 Å². The average Bonchev–Trinajstić information content (AvgIpc) is 3.57. The maximum Gasteiger partial charge on any atom is 0.410 e. The summed E-state index contributed by atoms with van der Waals surface area (Å²) in [5.41, 5.74) is -0.707. The van der Waals surface area contributed by atoms with Gasteiger partial charge in [0.2, 0.25) is 23.6 Å². The van der Waals surface area contributed by atoms with Crippen LogP contribution in [-0.2, 0) is 42.9 Å². The lowest BCUT2D eigenvalue weighted by molar-refractivity contribution is -0.146. The Morgan fingerprint density at radius 1 is 0.880 bits per heavy atom. The van der Waals surface area contributed by atoms with Crippen molar-refractivity contribution in [3.8, 4) is 0 Å². The molecule has 7 atom stereocenters. The number of hydrogen-bond acceptors (Lipinski definition) is 10. The fourth-order valence-electron chi connectivity index (χ4n) is 6.87. The molecule has 5 amide bonds. The lowest BCUT2D eigenvalue weighted by Crippen LogP contribution is -2.56. The van der Waals surface area contributed by atoms with Gasteiger partial charge in [0.25, 0.3) is 0 Å². The van der Waals surface area contributed by atoms with Crippen LogP contribution < -0.4 is 10.6 Å². The highest BCUT2D eigenvalue weighted by Gasteiger charge is 2.42. The van der Waals surface area contributed by atoms with E-state index in [-0.39, 0.29) is 49.2 Å². The molecule has 15 nitrogen and oxygen atoms in total. The SMILES string of the molecule is CCC(C)C(C(CC(=O)N1CCCC1C(OC)C(C)C(=O)NCC(=O)OC)OC)N(C)C(=O)CNC(=O)C1CCCCN1C(=O)OC(C)(C)C. The second-order valence-corrected chi connectivity index (χ2v) is 14.3. The second kappa shape index (κ2) is 19.8. The minimum absolute atomic E-state index is 0.0156. The second-order valence-electron chi connectivity index (χ2n) is 14.3. The maximum atomic E-state index is 13.9. The van der Waals surface area contributed by atoms with Crippen molar-refractivity contribution in [3.05, 3.63) is 0 Å². The Hall–Kier alpha value is -3.46. The zero-order valence-corrected chi connectivity index (χ0v) is 31.7. The highest BCUT2D eigenvalue weighted by Crippen LogP contribution is 2.29. The minimum Gasteiger partial charge on any atom is -0.468 e. The molecule has 2 rings (SSSR count). The molecule has 0 saturated carbocycles. The Morgan fingerprint density at radius 2 is 1.54 bits per heavy atom. The molecule has 0 aromatic carbocycles. The molecule has 0 radical (unpaired) electrons. The summed E-state index contributed by atoms with van der Waals surface area (Å²) in [5, 5.41) is 5.29. The normalized spacial score (nSPS) is 20.9. The molecule has 15 heteroatoms. The molecule has 0 aromatic rings. The van der Waals surface area contributed by atoms with Crippen molar-refractivity contribution < 1.29 is 47.7 Å². The molecule has 2 N–H and O–H groups in total. The van der Waals surface area contributed by atoms with Gasteiger partial charge in [-0.05, 0) is 58.8 Å². The van der Waals surface area contributed by atoms with Crippen LogP contribution in [0.1, 0.15) is 86.5 Å². The standard InChI is InChI=1S/C35H61N5O10/c1-11-22(2)30(38(7)28(42)20-36-33(45)25-15-12-13-17-40(25)34(46)50-35(4,5)6)26(47-8)19-27(41)39-18-14-16-24(39)31(49-10)23(3)32(44)37-21-29(43)48-9/h22-26,30-31H,11-21H2,1-10H3,(H,36,45)(H,37,44). The average molecular weight is 712 g/mol. The van der Waals surface area contributed by atoms with Crippen LogP contribution in [0.3, 0.4) is 0 Å². The number of esters is 1. The third-order valence-corrected chi connectivity index (χ3v) is 9.79. The number of nitrogens with zero attached hydrogens (tertiary/aromatic N) is 3. The van der Waals surface area contributed by atoms with Gasteiger partial charge in [-0.25, -0.2) is 4.79 Å². The minimum atomic E-state index is -0.739. The van der Waals surface area contributed by atoms with Crippen LogP contribution in [0.4, 0.5) is 4.79 Å². The first-order valence-corrected chi connectivity index (χ1v) is 17.7. The van der Waals surface area contributed by atoms with Crippen LogP contribution in [0, 0.1) is 11.8 Å². The molecule has 2 heterocycles. The van der Waals surface area contributed by atoms with E-state index in [0.29, 0.717) is 32.4 Å². The van der Waals surface area contributed by atoms with E-state index in [4.69, 9.17) is 14.2 Å². The molecule has 2 fully saturated rings. The van der Waals surface area contributed by atoms with Gasteiger partial charge in [-0.15, -0.1) is 0 Å². The number of ether oxygens (including phenoxy) is 4. The summed E-state index contributed by atoms with van der Waals surface area (Å²) in [5.74, 6) is -2.64. The molecule has 0 aromatic heterocycles. The zero-order valence-electron chi connectivity index (χ0n) is 31.7. The summed E-state index contributed by atoms with van der Waals surface area (Å²) < 4.78 is 21.8. The molecule has 2 saturated heterocycles. The van der Waals surface area contributed by atoms with E-state index < -0.39 is 53.8 Å². The number of carbonyl (C=O) groups is 6. The van der Waals surface area contributed by atoms with Crippen LogP contribution in [0.25, 0.3) is 0 Å². The predicted molar refractivity (Wildman–Crippen MR) is 185 cm³/mol. The van der Waals surface area contributed by atoms with E-state index in [9.17, 15) is 28.8 Å². The van der Waals surface area contributed by atoms with E-state index in [1.54, 1.807) is 39.6 Å². The molecule has 2 aliphatic heterocycles. The van der Waals surface area contributed by atoms with E-state index in [2.05, 4.69) is 15.4 Å². The van der Waals surface area contributed by atoms with Gasteiger partial charge in [-0.2, -0.15) is 0 Å². The first-order valence-electron chi connectivity index (χ1n) is 17.7. The van der Waals surface area contributed by atoms with E-state index in [1.807, 2.05) is 13.8 Å². The Labute approximate surface area is 297 Å². The topological polar surface area (TPSA) is 173 Å². The number of nitrogens with one attached hydrogen (secondary N) is 2. The lowest BCUT2D eigenvalue weighted by atomic mass is 9.90. The molecule has 0 aliphatic carbocycles. The zero-order chi connectivity index (χ0) is 37.8. The summed E-state index contributed by atoms with van der Waals surface area (Å²) in [6.07, 6.45) is 2.21. The summed E-state index contributed by atoms with van der Waals surface area (Å²) in [6.45, 7) is 11.3. The fraction of sp³-hybridized carbons (Fsp3) is 0.829. The van der Waals surface area contributed by atoms with Gasteiger partial charge in [-0.1, -0.05) is 27.2 Å². The van der Waals surface area contributed by atoms with Crippen molar-refractivity contribution >= 4 is 35.7 Å². The van der Waals surface area contributed by atoms with Crippen LogP contribution in [0.5, 0.6) is 0 Å². The van der Waals surface area contributed by atoms with Gasteiger partial charge in [0, 0.05) is 34.4 Å². The molecular weight excluding hydrogens is 650 g/mol. The van der Waals surface area contributed by atoms with Crippen molar-refractivity contribution in [2.24, 2.45) is 11.8 Å². The van der Waals surface area contributed by atoms with Crippen LogP contribution in [-0.4, -0.2) is 141 Å². The summed E-state index contributed by atoms with van der Waals surface area (Å²) in [6, 6.07) is -1.61. The first kappa shape index (κ1) is 42.7. The van der Waals surface area contributed by atoms with Gasteiger partial charge in [-0.3, -0.25) is 28.9 Å². The Balaban J connectivity index is 2.13. The Morgan fingerprint density at radius 3 is 2.12 bits per heavy atom. The van der Waals surface area contributed by atoms with Crippen molar-refractivity contribution in [2.75, 3.05) is 54.6 Å². The summed E-state index contributed by atoms with van der Waals surface area (Å²) >= 11 is 0. The number of hydrogen-bond donors (Lipinski definition) is 2. The molecular formula is C35H61N5O10. The molecule has 50 heavy (non-hydrogen) atoms. The van der Waals surface area contributed by atoms with Gasteiger partial charge in [0.05, 0.1) is 50.3 Å². The Bertz CT molecular complexity index is 1180. The largest absolute Gasteiger partial charge is 0.468 e. The third-order valence-electron chi connectivity index (χ3n) is 9.79. The number of likely N-dealkylation sites (tertiary alicyclic amines) is 2. The monoisotopic (exact) mass is 711 g/mol. The third kappa shape index (κ3) is 11.8. The maximum absolute atomic E-state index is 13.9. The number of piperidine rings is 1. The van der Waals surface area contributed by atoms with Crippen molar-refractivity contribution in [2.45, 2.75) is 122 Å². The predicted octanol–water partition coefficient (Wildman–Crippen LogP) is 2.10. The molecule has 0 spiro atoms. The van der Waals surface area contributed by atoms with Crippen LogP contribution in [0.2, 0.25) is 0 Å². The van der Waals surface area contributed by atoms with E-state index in [1.165, 1.54) is 31.1 Å². The molecule has 2 aliphatic rings. The summed E-state index contributed by atoms with van der Waals surface area (Å²) in [4.78, 5) is 82.6. The smallest absolute Gasteiger partial charge is 0.410 e. The van der Waals surface area contributed by atoms with Crippen molar-refractivity contribution in [1.29, 1.82) is 0 Å². The highest BCUT2D eigenvalue weighted by molar-refractivity contribution is 5.90. The number of rotatable bonds is 16. The number of methoxy groups -OCH3 is 3. The van der Waals surface area contributed by atoms with Crippen LogP contribution >= 0.6 is 0 Å². The van der Waals surface area contributed by atoms with E-state index >= 15 is 0 Å². The van der Waals surface area contributed by atoms with Gasteiger partial charge < -0.3 is 39.4 Å². The highest BCUT2D eigenvalue weighted by atomic mass is 16.6. The molecule has 286 valence electrons. The van der Waals surface area contributed by atoms with Gasteiger partial charge in [0.1, 0.15) is 18.2 Å². The fourth-order valence-corrected chi connectivity index (χ4v) is 6.87. The Kier molecular flexibility index (Phi) is 16.9. The van der Waals surface area contributed by atoms with Gasteiger partial charge >= 0.3 is 12.1 Å². The number of carbonyl (C=O) groups excluding carboxylic acids is 6.